The number of nitrogens with zero attached hydrogens (tertiary/aromatic N) is 2. The predicted molar refractivity (Wildman–Crippen MR) is 75.3 cm³/mol. The number of rotatable bonds is 5. The van der Waals surface area contributed by atoms with Crippen molar-refractivity contribution in [3.63, 3.8) is 0 Å². The Morgan fingerprint density at radius 2 is 1.83 bits per heavy atom. The number of anilines is 1. The number of aromatic nitrogens is 1. The zero-order chi connectivity index (χ0) is 13.7. The predicted octanol–water partition coefficient (Wildman–Crippen LogP) is 3.60. The highest BCUT2D eigenvalue weighted by molar-refractivity contribution is 5.44. The van der Waals surface area contributed by atoms with E-state index in [9.17, 15) is 0 Å². The number of pyridine rings is 1. The molecule has 3 heteroatoms. The summed E-state index contributed by atoms with van der Waals surface area (Å²) in [7, 11) is 0. The van der Waals surface area contributed by atoms with Gasteiger partial charge in [0.25, 0.3) is 0 Å². The molecule has 0 unspecified atom stereocenters. The van der Waals surface area contributed by atoms with Gasteiger partial charge in [-0.05, 0) is 36.8 Å². The van der Waals surface area contributed by atoms with Crippen LogP contribution in [0.3, 0.4) is 0 Å². The van der Waals surface area contributed by atoms with Crippen LogP contribution in [0, 0.1) is 36.0 Å². The Labute approximate surface area is 110 Å². The van der Waals surface area contributed by atoms with Crippen molar-refractivity contribution in [2.45, 2.75) is 34.6 Å². The van der Waals surface area contributed by atoms with Crippen molar-refractivity contribution < 1.29 is 0 Å². The van der Waals surface area contributed by atoms with Gasteiger partial charge in [0.15, 0.2) is 0 Å². The molecule has 18 heavy (non-hydrogen) atoms. The number of hydrogen-bond acceptors (Lipinski definition) is 3. The van der Waals surface area contributed by atoms with Crippen molar-refractivity contribution >= 4 is 5.82 Å². The fraction of sp³-hybridized carbons (Fsp3) is 0.600. The van der Waals surface area contributed by atoms with Crippen LogP contribution < -0.4 is 5.32 Å². The zero-order valence-corrected chi connectivity index (χ0v) is 12.0. The Bertz CT molecular complexity index is 422. The molecule has 0 radical (unpaired) electrons. The largest absolute Gasteiger partial charge is 0.370 e. The van der Waals surface area contributed by atoms with E-state index in [-0.39, 0.29) is 0 Å². The molecule has 0 aliphatic carbocycles. The normalized spacial score (nSPS) is 11.1. The van der Waals surface area contributed by atoms with Crippen LogP contribution in [0.4, 0.5) is 5.82 Å². The van der Waals surface area contributed by atoms with Gasteiger partial charge < -0.3 is 5.32 Å². The third-order valence-corrected chi connectivity index (χ3v) is 3.31. The molecular formula is C15H23N3. The van der Waals surface area contributed by atoms with Gasteiger partial charge in [0.05, 0.1) is 11.6 Å². The standard InChI is InChI=1S/C15H23N3/c1-10(2)14(11(3)4)9-17-15-7-13(8-16)6-12(5)18-15/h6-7,10-11,14H,9H2,1-5H3,(H,17,18). The summed E-state index contributed by atoms with van der Waals surface area (Å²) in [5.74, 6) is 2.69. The summed E-state index contributed by atoms with van der Waals surface area (Å²) in [4.78, 5) is 4.41. The van der Waals surface area contributed by atoms with Gasteiger partial charge in [-0.1, -0.05) is 27.7 Å². The molecule has 0 aliphatic heterocycles. The highest BCUT2D eigenvalue weighted by Crippen LogP contribution is 2.21. The zero-order valence-electron chi connectivity index (χ0n) is 12.0. The molecular weight excluding hydrogens is 222 g/mol. The second-order valence-corrected chi connectivity index (χ2v) is 5.53. The lowest BCUT2D eigenvalue weighted by Gasteiger charge is -2.25. The topological polar surface area (TPSA) is 48.7 Å². The lowest BCUT2D eigenvalue weighted by atomic mass is 9.85. The van der Waals surface area contributed by atoms with Crippen molar-refractivity contribution in [1.29, 1.82) is 5.26 Å². The maximum absolute atomic E-state index is 8.93. The van der Waals surface area contributed by atoms with Crippen LogP contribution in [0.15, 0.2) is 12.1 Å². The van der Waals surface area contributed by atoms with E-state index in [1.165, 1.54) is 0 Å². The van der Waals surface area contributed by atoms with E-state index in [4.69, 9.17) is 5.26 Å². The monoisotopic (exact) mass is 245 g/mol. The summed E-state index contributed by atoms with van der Waals surface area (Å²) in [6.45, 7) is 11.8. The van der Waals surface area contributed by atoms with Gasteiger partial charge in [-0.3, -0.25) is 0 Å². The molecule has 98 valence electrons. The van der Waals surface area contributed by atoms with Crippen LogP contribution in [0.1, 0.15) is 39.0 Å². The molecule has 0 saturated carbocycles. The first kappa shape index (κ1) is 14.5. The second kappa shape index (κ2) is 6.39. The minimum atomic E-state index is 0.609. The van der Waals surface area contributed by atoms with Crippen molar-refractivity contribution in [2.75, 3.05) is 11.9 Å². The molecule has 0 aliphatic rings. The van der Waals surface area contributed by atoms with Crippen molar-refractivity contribution in [3.05, 3.63) is 23.4 Å². The Balaban J connectivity index is 2.74. The van der Waals surface area contributed by atoms with Crippen LogP contribution in [0.5, 0.6) is 0 Å². The molecule has 0 fully saturated rings. The van der Waals surface area contributed by atoms with Crippen LogP contribution in [0.2, 0.25) is 0 Å². The van der Waals surface area contributed by atoms with E-state index in [2.05, 4.69) is 44.1 Å². The third kappa shape index (κ3) is 4.03. The number of aryl methyl sites for hydroxylation is 1. The maximum atomic E-state index is 8.93. The molecule has 0 aromatic carbocycles. The molecule has 0 saturated heterocycles. The molecule has 0 spiro atoms. The van der Waals surface area contributed by atoms with Gasteiger partial charge in [-0.25, -0.2) is 4.98 Å². The minimum Gasteiger partial charge on any atom is -0.370 e. The van der Waals surface area contributed by atoms with E-state index in [1.54, 1.807) is 6.07 Å². The summed E-state index contributed by atoms with van der Waals surface area (Å²) in [6.07, 6.45) is 0. The first-order valence-corrected chi connectivity index (χ1v) is 6.56. The van der Waals surface area contributed by atoms with Gasteiger partial charge >= 0.3 is 0 Å². The third-order valence-electron chi connectivity index (χ3n) is 3.31. The second-order valence-electron chi connectivity index (χ2n) is 5.53. The average molecular weight is 245 g/mol. The SMILES string of the molecule is Cc1cc(C#N)cc(NCC(C(C)C)C(C)C)n1. The van der Waals surface area contributed by atoms with Crippen LogP contribution >= 0.6 is 0 Å². The van der Waals surface area contributed by atoms with E-state index < -0.39 is 0 Å². The van der Waals surface area contributed by atoms with Crippen molar-refractivity contribution in [2.24, 2.45) is 17.8 Å². The highest BCUT2D eigenvalue weighted by atomic mass is 15.0. The Kier molecular flexibility index (Phi) is 5.15. The molecule has 1 aromatic rings. The molecule has 0 amide bonds. The van der Waals surface area contributed by atoms with Crippen LogP contribution in [0.25, 0.3) is 0 Å². The van der Waals surface area contributed by atoms with E-state index in [0.29, 0.717) is 23.3 Å². The first-order chi connectivity index (χ1) is 8.43. The minimum absolute atomic E-state index is 0.609. The van der Waals surface area contributed by atoms with Gasteiger partial charge in [0.2, 0.25) is 0 Å². The first-order valence-electron chi connectivity index (χ1n) is 6.56. The fourth-order valence-corrected chi connectivity index (χ4v) is 2.29. The maximum Gasteiger partial charge on any atom is 0.127 e. The highest BCUT2D eigenvalue weighted by Gasteiger charge is 2.17. The van der Waals surface area contributed by atoms with Crippen molar-refractivity contribution in [1.82, 2.24) is 4.98 Å². The summed E-state index contributed by atoms with van der Waals surface area (Å²) < 4.78 is 0. The van der Waals surface area contributed by atoms with Crippen LogP contribution in [-0.2, 0) is 0 Å². The van der Waals surface area contributed by atoms with E-state index in [1.807, 2.05) is 13.0 Å². The molecule has 1 aromatic heterocycles. The number of nitriles is 1. The Morgan fingerprint density at radius 3 is 2.33 bits per heavy atom. The van der Waals surface area contributed by atoms with E-state index in [0.717, 1.165) is 18.1 Å². The number of nitrogens with one attached hydrogen (secondary N) is 1. The molecule has 1 heterocycles. The molecule has 1 rings (SSSR count). The van der Waals surface area contributed by atoms with Gasteiger partial charge in [-0.2, -0.15) is 5.26 Å². The van der Waals surface area contributed by atoms with Gasteiger partial charge in [-0.15, -0.1) is 0 Å². The Morgan fingerprint density at radius 1 is 1.22 bits per heavy atom. The lowest BCUT2D eigenvalue weighted by molar-refractivity contribution is 0.304. The molecule has 0 atom stereocenters. The average Bonchev–Trinajstić information content (AvgIpc) is 2.27. The summed E-state index contributed by atoms with van der Waals surface area (Å²) in [5, 5.41) is 12.3. The smallest absolute Gasteiger partial charge is 0.127 e. The summed E-state index contributed by atoms with van der Waals surface area (Å²) in [5.41, 5.74) is 1.54. The Hall–Kier alpha value is -1.56. The van der Waals surface area contributed by atoms with Crippen molar-refractivity contribution in [3.8, 4) is 6.07 Å². The number of hydrogen-bond donors (Lipinski definition) is 1. The van der Waals surface area contributed by atoms with Gasteiger partial charge in [0, 0.05) is 12.2 Å². The summed E-state index contributed by atoms with van der Waals surface area (Å²) in [6, 6.07) is 5.77. The summed E-state index contributed by atoms with van der Waals surface area (Å²) >= 11 is 0. The quantitative estimate of drug-likeness (QED) is 0.862. The van der Waals surface area contributed by atoms with E-state index >= 15 is 0 Å². The molecule has 1 N–H and O–H groups in total. The fourth-order valence-electron chi connectivity index (χ4n) is 2.29. The molecule has 3 nitrogen and oxygen atoms in total. The van der Waals surface area contributed by atoms with Gasteiger partial charge in [0.1, 0.15) is 5.82 Å². The molecule has 0 bridgehead atoms. The van der Waals surface area contributed by atoms with Crippen LogP contribution in [-0.4, -0.2) is 11.5 Å². The lowest BCUT2D eigenvalue weighted by Crippen LogP contribution is -2.24.